The molecule has 2 aliphatic heterocycles. The average Bonchev–Trinajstić information content (AvgIpc) is 3.11. The number of carbonyl (C=O) groups excluding carboxylic acids is 1. The van der Waals surface area contributed by atoms with Gasteiger partial charge in [0.25, 0.3) is 0 Å². The van der Waals surface area contributed by atoms with Gasteiger partial charge >= 0.3 is 0 Å². The van der Waals surface area contributed by atoms with Crippen molar-refractivity contribution >= 4 is 5.91 Å². The van der Waals surface area contributed by atoms with Crippen LogP contribution in [0, 0.1) is 5.92 Å². The molecule has 0 aliphatic carbocycles. The van der Waals surface area contributed by atoms with Crippen molar-refractivity contribution in [2.75, 3.05) is 26.2 Å². The highest BCUT2D eigenvalue weighted by Gasteiger charge is 2.24. The zero-order chi connectivity index (χ0) is 15.4. The predicted molar refractivity (Wildman–Crippen MR) is 81.8 cm³/mol. The van der Waals surface area contributed by atoms with Gasteiger partial charge in [0.2, 0.25) is 5.91 Å². The van der Waals surface area contributed by atoms with E-state index in [1.807, 2.05) is 11.9 Å². The van der Waals surface area contributed by atoms with Gasteiger partial charge in [0.15, 0.2) is 5.82 Å². The van der Waals surface area contributed by atoms with Gasteiger partial charge in [-0.2, -0.15) is 0 Å². The van der Waals surface area contributed by atoms with Crippen LogP contribution in [-0.2, 0) is 18.4 Å². The normalized spacial score (nSPS) is 23.7. The van der Waals surface area contributed by atoms with Crippen LogP contribution in [0.1, 0.15) is 44.3 Å². The van der Waals surface area contributed by atoms with Gasteiger partial charge in [-0.3, -0.25) is 9.69 Å². The Bertz CT molecular complexity index is 496. The largest absolute Gasteiger partial charge is 0.343 e. The van der Waals surface area contributed by atoms with E-state index in [9.17, 15) is 4.79 Å². The lowest BCUT2D eigenvalue weighted by molar-refractivity contribution is -0.131. The summed E-state index contributed by atoms with van der Waals surface area (Å²) in [5.41, 5.74) is 0. The molecule has 122 valence electrons. The molecule has 3 rings (SSSR count). The van der Waals surface area contributed by atoms with Crippen molar-refractivity contribution < 1.29 is 4.79 Å². The zero-order valence-corrected chi connectivity index (χ0v) is 13.4. The summed E-state index contributed by atoms with van der Waals surface area (Å²) in [6.07, 6.45) is 6.51. The Morgan fingerprint density at radius 3 is 2.68 bits per heavy atom. The molecule has 1 aromatic rings. The molecule has 2 aliphatic rings. The number of nitrogens with zero attached hydrogens (tertiary/aromatic N) is 6. The van der Waals surface area contributed by atoms with Crippen molar-refractivity contribution in [2.45, 2.75) is 45.1 Å². The van der Waals surface area contributed by atoms with E-state index in [4.69, 9.17) is 0 Å². The molecule has 1 unspecified atom stereocenters. The molecule has 0 saturated carbocycles. The summed E-state index contributed by atoms with van der Waals surface area (Å²) in [6.45, 7) is 4.84. The Balaban J connectivity index is 1.47. The van der Waals surface area contributed by atoms with E-state index < -0.39 is 0 Å². The Kier molecular flexibility index (Phi) is 5.02. The lowest BCUT2D eigenvalue weighted by Crippen LogP contribution is -2.30. The maximum atomic E-state index is 12.3. The predicted octanol–water partition coefficient (Wildman–Crippen LogP) is 0.825. The van der Waals surface area contributed by atoms with Gasteiger partial charge in [-0.25, -0.2) is 4.68 Å². The van der Waals surface area contributed by atoms with Gasteiger partial charge in [0.05, 0.1) is 6.54 Å². The number of rotatable bonds is 4. The average molecular weight is 306 g/mol. The molecule has 22 heavy (non-hydrogen) atoms. The molecule has 0 spiro atoms. The molecule has 2 fully saturated rings. The fraction of sp³-hybridized carbons (Fsp3) is 0.867. The molecule has 2 saturated heterocycles. The second-order valence-electron chi connectivity index (χ2n) is 6.58. The topological polar surface area (TPSA) is 67.2 Å². The van der Waals surface area contributed by atoms with E-state index in [1.54, 1.807) is 4.68 Å². The van der Waals surface area contributed by atoms with Gasteiger partial charge in [-0.15, -0.1) is 5.10 Å². The molecule has 7 heteroatoms. The lowest BCUT2D eigenvalue weighted by Gasteiger charge is -2.20. The molecule has 0 radical (unpaired) electrons. The Hall–Kier alpha value is -1.50. The number of hydrogen-bond donors (Lipinski definition) is 0. The Morgan fingerprint density at radius 1 is 1.14 bits per heavy atom. The number of likely N-dealkylation sites (tertiary alicyclic amines) is 2. The summed E-state index contributed by atoms with van der Waals surface area (Å²) in [6, 6.07) is 0. The van der Waals surface area contributed by atoms with E-state index in [-0.39, 0.29) is 0 Å². The summed E-state index contributed by atoms with van der Waals surface area (Å²) >= 11 is 0. The first-order chi connectivity index (χ1) is 10.7. The summed E-state index contributed by atoms with van der Waals surface area (Å²) < 4.78 is 1.74. The van der Waals surface area contributed by atoms with Crippen LogP contribution in [0.15, 0.2) is 0 Å². The van der Waals surface area contributed by atoms with E-state index in [2.05, 4.69) is 20.4 Å². The van der Waals surface area contributed by atoms with E-state index in [1.165, 1.54) is 12.8 Å². The van der Waals surface area contributed by atoms with Gasteiger partial charge in [0, 0.05) is 26.6 Å². The minimum Gasteiger partial charge on any atom is -0.343 e. The van der Waals surface area contributed by atoms with Crippen molar-refractivity contribution in [1.29, 1.82) is 0 Å². The molecular weight excluding hydrogens is 280 g/mol. The second kappa shape index (κ2) is 7.17. The van der Waals surface area contributed by atoms with Crippen LogP contribution in [0.2, 0.25) is 0 Å². The van der Waals surface area contributed by atoms with Crippen LogP contribution in [-0.4, -0.2) is 62.1 Å². The highest BCUT2D eigenvalue weighted by molar-refractivity contribution is 5.76. The summed E-state index contributed by atoms with van der Waals surface area (Å²) in [7, 11) is 1.88. The quantitative estimate of drug-likeness (QED) is 0.824. The molecule has 0 bridgehead atoms. The molecule has 7 nitrogen and oxygen atoms in total. The third-order valence-electron chi connectivity index (χ3n) is 4.94. The maximum Gasteiger partial charge on any atom is 0.222 e. The summed E-state index contributed by atoms with van der Waals surface area (Å²) in [5, 5.41) is 11.6. The molecule has 1 amide bonds. The fourth-order valence-corrected chi connectivity index (χ4v) is 3.51. The first kappa shape index (κ1) is 15.4. The van der Waals surface area contributed by atoms with Crippen molar-refractivity contribution in [3.05, 3.63) is 5.82 Å². The molecule has 0 N–H and O–H groups in total. The van der Waals surface area contributed by atoms with Gasteiger partial charge < -0.3 is 4.90 Å². The van der Waals surface area contributed by atoms with Crippen LogP contribution in [0.25, 0.3) is 0 Å². The first-order valence-corrected chi connectivity index (χ1v) is 8.44. The van der Waals surface area contributed by atoms with Crippen LogP contribution in [0.4, 0.5) is 0 Å². The van der Waals surface area contributed by atoms with Crippen molar-refractivity contribution in [3.63, 3.8) is 0 Å². The van der Waals surface area contributed by atoms with Crippen molar-refractivity contribution in [2.24, 2.45) is 13.0 Å². The molecular formula is C15H26N6O. The summed E-state index contributed by atoms with van der Waals surface area (Å²) in [4.78, 5) is 16.7. The van der Waals surface area contributed by atoms with Crippen molar-refractivity contribution in [1.82, 2.24) is 30.0 Å². The minimum atomic E-state index is 0.369. The highest BCUT2D eigenvalue weighted by atomic mass is 16.2. The monoisotopic (exact) mass is 306 g/mol. The molecule has 3 heterocycles. The van der Waals surface area contributed by atoms with Crippen molar-refractivity contribution in [3.8, 4) is 0 Å². The Labute approximate surface area is 131 Å². The van der Waals surface area contributed by atoms with E-state index in [0.717, 1.165) is 64.2 Å². The van der Waals surface area contributed by atoms with Crippen LogP contribution in [0.5, 0.6) is 0 Å². The second-order valence-corrected chi connectivity index (χ2v) is 6.58. The Morgan fingerprint density at radius 2 is 1.95 bits per heavy atom. The SMILES string of the molecule is Cn1nnnc1CN1CCCC(CC(=O)N2CCCC2)CC1. The number of carbonyl (C=O) groups is 1. The number of aromatic nitrogens is 4. The fourth-order valence-electron chi connectivity index (χ4n) is 3.51. The number of tetrazole rings is 1. The number of aryl methyl sites for hydroxylation is 1. The van der Waals surface area contributed by atoms with Gasteiger partial charge in [-0.05, 0) is 61.5 Å². The minimum absolute atomic E-state index is 0.369. The number of hydrogen-bond acceptors (Lipinski definition) is 5. The third kappa shape index (κ3) is 3.82. The standard InChI is InChI=1S/C15H26N6O/c1-19-14(16-17-18-19)12-20-7-4-5-13(6-10-20)11-15(22)21-8-2-3-9-21/h13H,2-12H2,1H3. The van der Waals surface area contributed by atoms with Crippen LogP contribution >= 0.6 is 0 Å². The van der Waals surface area contributed by atoms with Gasteiger partial charge in [-0.1, -0.05) is 0 Å². The third-order valence-corrected chi connectivity index (χ3v) is 4.94. The maximum absolute atomic E-state index is 12.3. The first-order valence-electron chi connectivity index (χ1n) is 8.44. The van der Waals surface area contributed by atoms with E-state index >= 15 is 0 Å². The molecule has 1 aromatic heterocycles. The lowest BCUT2D eigenvalue weighted by atomic mass is 9.96. The zero-order valence-electron chi connectivity index (χ0n) is 13.4. The van der Waals surface area contributed by atoms with Gasteiger partial charge in [0.1, 0.15) is 0 Å². The summed E-state index contributed by atoms with van der Waals surface area (Å²) in [5.74, 6) is 1.82. The highest BCUT2D eigenvalue weighted by Crippen LogP contribution is 2.23. The number of amides is 1. The van der Waals surface area contributed by atoms with E-state index in [0.29, 0.717) is 11.8 Å². The molecule has 1 atom stereocenters. The van der Waals surface area contributed by atoms with Crippen LogP contribution < -0.4 is 0 Å². The van der Waals surface area contributed by atoms with Crippen LogP contribution in [0.3, 0.4) is 0 Å². The smallest absolute Gasteiger partial charge is 0.222 e. The molecule has 0 aromatic carbocycles.